The van der Waals surface area contributed by atoms with Gasteiger partial charge in [-0.25, -0.2) is 17.8 Å². The Balaban J connectivity index is 1.66. The summed E-state index contributed by atoms with van der Waals surface area (Å²) in [5.74, 6) is -0.678. The number of aryl methyl sites for hydroxylation is 1. The minimum absolute atomic E-state index is 0.0244. The van der Waals surface area contributed by atoms with E-state index < -0.39 is 15.8 Å². The molecule has 11 heteroatoms. The molecule has 0 unspecified atom stereocenters. The number of amides is 1. The van der Waals surface area contributed by atoms with Gasteiger partial charge in [0.05, 0.1) is 24.6 Å². The van der Waals surface area contributed by atoms with Crippen molar-refractivity contribution in [1.82, 2.24) is 14.5 Å². The lowest BCUT2D eigenvalue weighted by molar-refractivity contribution is -0.135. The Hall–Kier alpha value is -2.76. The molecule has 8 nitrogen and oxygen atoms in total. The zero-order valence-electron chi connectivity index (χ0n) is 16.7. The highest BCUT2D eigenvalue weighted by Crippen LogP contribution is 2.29. The van der Waals surface area contributed by atoms with Gasteiger partial charge in [-0.15, -0.1) is 11.3 Å². The number of halogens is 1. The van der Waals surface area contributed by atoms with Crippen LogP contribution < -0.4 is 4.72 Å². The summed E-state index contributed by atoms with van der Waals surface area (Å²) >= 11 is 1.37. The van der Waals surface area contributed by atoms with Crippen LogP contribution in [0.2, 0.25) is 0 Å². The summed E-state index contributed by atoms with van der Waals surface area (Å²) in [5, 5.41) is 2.47. The number of nitrogens with zero attached hydrogens (tertiary/aromatic N) is 3. The van der Waals surface area contributed by atoms with Gasteiger partial charge < -0.3 is 14.2 Å². The molecule has 1 aliphatic heterocycles. The molecule has 1 saturated heterocycles. The molecular formula is C20H21FN4O4S2. The van der Waals surface area contributed by atoms with Crippen LogP contribution in [0.4, 0.5) is 10.1 Å². The number of anilines is 1. The van der Waals surface area contributed by atoms with Gasteiger partial charge >= 0.3 is 0 Å². The highest BCUT2D eigenvalue weighted by atomic mass is 32.2. The van der Waals surface area contributed by atoms with Gasteiger partial charge in [0.25, 0.3) is 10.0 Å². The number of ether oxygens (including phenoxy) is 1. The van der Waals surface area contributed by atoms with E-state index in [4.69, 9.17) is 4.74 Å². The second-order valence-corrected chi connectivity index (χ2v) is 9.63. The van der Waals surface area contributed by atoms with Crippen molar-refractivity contribution in [3.05, 3.63) is 53.4 Å². The third-order valence-corrected chi connectivity index (χ3v) is 7.10. The second kappa shape index (κ2) is 8.77. The molecule has 31 heavy (non-hydrogen) atoms. The normalized spacial score (nSPS) is 14.6. The second-order valence-electron chi connectivity index (χ2n) is 7.09. The van der Waals surface area contributed by atoms with E-state index in [1.807, 2.05) is 12.3 Å². The molecule has 0 radical (unpaired) electrons. The quantitative estimate of drug-likeness (QED) is 0.606. The molecule has 0 saturated carbocycles. The van der Waals surface area contributed by atoms with Gasteiger partial charge in [0.2, 0.25) is 5.91 Å². The van der Waals surface area contributed by atoms with Crippen molar-refractivity contribution in [3.63, 3.8) is 0 Å². The van der Waals surface area contributed by atoms with Crippen molar-refractivity contribution in [2.75, 3.05) is 31.0 Å². The molecule has 2 aromatic heterocycles. The highest BCUT2D eigenvalue weighted by molar-refractivity contribution is 7.92. The maximum Gasteiger partial charge on any atom is 0.263 e. The van der Waals surface area contributed by atoms with E-state index >= 15 is 0 Å². The summed E-state index contributed by atoms with van der Waals surface area (Å²) in [4.78, 5) is 18.9. The summed E-state index contributed by atoms with van der Waals surface area (Å²) in [6, 6.07) is 6.69. The van der Waals surface area contributed by atoms with E-state index in [1.54, 1.807) is 9.47 Å². The number of rotatable bonds is 6. The number of thiazole rings is 1. The lowest BCUT2D eigenvalue weighted by Gasteiger charge is -2.27. The van der Waals surface area contributed by atoms with Crippen LogP contribution in [-0.2, 0) is 26.1 Å². The molecule has 0 spiro atoms. The zero-order valence-corrected chi connectivity index (χ0v) is 18.4. The molecule has 3 aromatic rings. The average molecular weight is 465 g/mol. The molecule has 164 valence electrons. The molecular weight excluding hydrogens is 443 g/mol. The summed E-state index contributed by atoms with van der Waals surface area (Å²) in [7, 11) is -4.00. The molecule has 1 amide bonds. The summed E-state index contributed by atoms with van der Waals surface area (Å²) in [5.41, 5.74) is 1.44. The smallest absolute Gasteiger partial charge is 0.263 e. The van der Waals surface area contributed by atoms with Crippen LogP contribution >= 0.6 is 11.3 Å². The van der Waals surface area contributed by atoms with Crippen LogP contribution in [0.1, 0.15) is 5.69 Å². The predicted molar refractivity (Wildman–Crippen MR) is 115 cm³/mol. The maximum absolute atomic E-state index is 13.5. The van der Waals surface area contributed by atoms with Crippen molar-refractivity contribution in [2.24, 2.45) is 0 Å². The number of morpholine rings is 1. The van der Waals surface area contributed by atoms with E-state index in [2.05, 4.69) is 9.71 Å². The van der Waals surface area contributed by atoms with Crippen LogP contribution in [0.15, 0.2) is 46.8 Å². The van der Waals surface area contributed by atoms with Crippen molar-refractivity contribution >= 4 is 33.0 Å². The lowest BCUT2D eigenvalue weighted by Crippen LogP contribution is -2.42. The van der Waals surface area contributed by atoms with E-state index in [9.17, 15) is 17.6 Å². The SMILES string of the molecule is Cc1csc(-c2cc(S(=O)(=O)Nc3cccc(F)c3)cn2CC(=O)N2CCOCC2)n1. The summed E-state index contributed by atoms with van der Waals surface area (Å²) in [6.45, 7) is 3.77. The predicted octanol–water partition coefficient (Wildman–Crippen LogP) is 2.72. The number of hydrogen-bond acceptors (Lipinski definition) is 6. The van der Waals surface area contributed by atoms with E-state index in [0.29, 0.717) is 37.0 Å². The first kappa shape index (κ1) is 21.5. The van der Waals surface area contributed by atoms with Crippen molar-refractivity contribution < 1.29 is 22.3 Å². The number of carbonyl (C=O) groups is 1. The number of hydrogen-bond donors (Lipinski definition) is 1. The van der Waals surface area contributed by atoms with Gasteiger partial charge in [0.15, 0.2) is 0 Å². The Kier molecular flexibility index (Phi) is 6.08. The third-order valence-electron chi connectivity index (χ3n) is 4.77. The third kappa shape index (κ3) is 4.94. The molecule has 4 rings (SSSR count). The molecule has 0 aliphatic carbocycles. The molecule has 0 atom stereocenters. The van der Waals surface area contributed by atoms with Crippen LogP contribution in [0.25, 0.3) is 10.7 Å². The first-order valence-electron chi connectivity index (χ1n) is 9.58. The number of sulfonamides is 1. The van der Waals surface area contributed by atoms with Crippen LogP contribution in [-0.4, -0.2) is 55.1 Å². The molecule has 1 aliphatic rings. The van der Waals surface area contributed by atoms with E-state index in [0.717, 1.165) is 11.8 Å². The molecule has 0 bridgehead atoms. The van der Waals surface area contributed by atoms with Crippen molar-refractivity contribution in [3.8, 4) is 10.7 Å². The topological polar surface area (TPSA) is 93.5 Å². The minimum Gasteiger partial charge on any atom is -0.378 e. The minimum atomic E-state index is -4.00. The lowest BCUT2D eigenvalue weighted by atomic mass is 10.3. The van der Waals surface area contributed by atoms with Gasteiger partial charge in [0, 0.05) is 30.4 Å². The van der Waals surface area contributed by atoms with E-state index in [-0.39, 0.29) is 23.0 Å². The Morgan fingerprint density at radius 3 is 2.74 bits per heavy atom. The Labute approximate surface area is 183 Å². The van der Waals surface area contributed by atoms with Crippen LogP contribution in [0.3, 0.4) is 0 Å². The monoisotopic (exact) mass is 464 g/mol. The fraction of sp³-hybridized carbons (Fsp3) is 0.300. The van der Waals surface area contributed by atoms with E-state index in [1.165, 1.54) is 41.8 Å². The molecule has 3 heterocycles. The zero-order chi connectivity index (χ0) is 22.0. The summed E-state index contributed by atoms with van der Waals surface area (Å²) < 4.78 is 48.6. The standard InChI is InChI=1S/C20H21FN4O4S2/c1-14-13-30-20(22-14)18-10-17(31(27,28)23-16-4-2-3-15(21)9-16)11-25(18)12-19(26)24-5-7-29-8-6-24/h2-4,9-11,13,23H,5-8,12H2,1H3. The van der Waals surface area contributed by atoms with Gasteiger partial charge in [-0.2, -0.15) is 0 Å². The fourth-order valence-electron chi connectivity index (χ4n) is 3.24. The molecule has 1 aromatic carbocycles. The van der Waals surface area contributed by atoms with Gasteiger partial charge in [-0.1, -0.05) is 6.07 Å². The molecule has 1 fully saturated rings. The number of benzene rings is 1. The number of aromatic nitrogens is 2. The van der Waals surface area contributed by atoms with Crippen LogP contribution in [0, 0.1) is 12.7 Å². The van der Waals surface area contributed by atoms with Gasteiger partial charge in [-0.3, -0.25) is 9.52 Å². The molecule has 1 N–H and O–H groups in total. The maximum atomic E-state index is 13.5. The first-order chi connectivity index (χ1) is 14.8. The van der Waals surface area contributed by atoms with Gasteiger partial charge in [0.1, 0.15) is 22.3 Å². The first-order valence-corrected chi connectivity index (χ1v) is 11.9. The average Bonchev–Trinajstić information content (AvgIpc) is 3.35. The van der Waals surface area contributed by atoms with Crippen molar-refractivity contribution in [2.45, 2.75) is 18.4 Å². The number of nitrogens with one attached hydrogen (secondary N) is 1. The largest absolute Gasteiger partial charge is 0.378 e. The van der Waals surface area contributed by atoms with Crippen LogP contribution in [0.5, 0.6) is 0 Å². The van der Waals surface area contributed by atoms with Crippen molar-refractivity contribution in [1.29, 1.82) is 0 Å². The van der Waals surface area contributed by atoms with Gasteiger partial charge in [-0.05, 0) is 31.2 Å². The Bertz CT molecular complexity index is 1200. The fourth-order valence-corrected chi connectivity index (χ4v) is 5.15. The number of carbonyl (C=O) groups excluding carboxylic acids is 1. The Morgan fingerprint density at radius 2 is 2.06 bits per heavy atom. The highest BCUT2D eigenvalue weighted by Gasteiger charge is 2.24. The summed E-state index contributed by atoms with van der Waals surface area (Å²) in [6.07, 6.45) is 1.41. The Morgan fingerprint density at radius 1 is 1.29 bits per heavy atom.